The Hall–Kier alpha value is -2.51. The second-order valence-electron chi connectivity index (χ2n) is 6.21. The van der Waals surface area contributed by atoms with Gasteiger partial charge < -0.3 is 10.7 Å². The molecular formula is C19H20FN3O2S. The van der Waals surface area contributed by atoms with Gasteiger partial charge >= 0.3 is 0 Å². The topological polar surface area (TPSA) is 88.8 Å². The average molecular weight is 373 g/mol. The number of sulfone groups is 1. The Morgan fingerprint density at radius 1 is 1.12 bits per heavy atom. The van der Waals surface area contributed by atoms with Crippen LogP contribution in [0.25, 0.3) is 22.4 Å². The third-order valence-electron chi connectivity index (χ3n) is 4.31. The van der Waals surface area contributed by atoms with Crippen molar-refractivity contribution in [3.8, 4) is 22.4 Å². The maximum absolute atomic E-state index is 13.3. The highest BCUT2D eigenvalue weighted by molar-refractivity contribution is 7.91. The molecule has 0 spiro atoms. The van der Waals surface area contributed by atoms with Crippen LogP contribution < -0.4 is 5.73 Å². The first-order chi connectivity index (χ1) is 12.4. The molecular weight excluding hydrogens is 353 g/mol. The average Bonchev–Trinajstić information content (AvgIpc) is 3.04. The van der Waals surface area contributed by atoms with Gasteiger partial charge in [-0.2, -0.15) is 0 Å². The summed E-state index contributed by atoms with van der Waals surface area (Å²) in [5, 5.41) is -0.906. The number of rotatable bonds is 6. The summed E-state index contributed by atoms with van der Waals surface area (Å²) in [6, 6.07) is 10.00. The van der Waals surface area contributed by atoms with Crippen LogP contribution >= 0.6 is 0 Å². The maximum atomic E-state index is 13.3. The highest BCUT2D eigenvalue weighted by Crippen LogP contribution is 2.35. The number of benzene rings is 1. The Bertz CT molecular complexity index is 983. The minimum absolute atomic E-state index is 0.301. The summed E-state index contributed by atoms with van der Waals surface area (Å²) < 4.78 is 36.4. The lowest BCUT2D eigenvalue weighted by Crippen LogP contribution is -2.29. The summed E-state index contributed by atoms with van der Waals surface area (Å²) in [6.45, 7) is 0. The summed E-state index contributed by atoms with van der Waals surface area (Å²) in [6.07, 6.45) is 7.21. The van der Waals surface area contributed by atoms with E-state index in [9.17, 15) is 12.8 Å². The first-order valence-electron chi connectivity index (χ1n) is 8.17. The monoisotopic (exact) mass is 373 g/mol. The standard InChI is InChI=1S/C19H20FN3O2S/c1-26(24,25)17(21)7-4-15-12-23-19(14-2-5-16(20)6-3-14)18(15)13-8-10-22-11-9-13/h2-3,5-6,8-12,17,23H,4,7,21H2,1H3. The molecule has 0 fully saturated rings. The predicted octanol–water partition coefficient (Wildman–Crippen LogP) is 3.14. The molecule has 3 aromatic rings. The molecule has 5 nitrogen and oxygen atoms in total. The summed E-state index contributed by atoms with van der Waals surface area (Å²) in [5.74, 6) is -0.301. The molecule has 3 rings (SSSR count). The third-order valence-corrected chi connectivity index (χ3v) is 5.65. The second-order valence-corrected chi connectivity index (χ2v) is 8.48. The van der Waals surface area contributed by atoms with Crippen molar-refractivity contribution in [2.24, 2.45) is 5.73 Å². The van der Waals surface area contributed by atoms with Gasteiger partial charge in [0.1, 0.15) is 11.2 Å². The minimum atomic E-state index is -3.28. The van der Waals surface area contributed by atoms with E-state index in [0.29, 0.717) is 12.8 Å². The number of nitrogens with zero attached hydrogens (tertiary/aromatic N) is 1. The van der Waals surface area contributed by atoms with Gasteiger partial charge in [0.2, 0.25) is 0 Å². The fourth-order valence-corrected chi connectivity index (χ4v) is 3.41. The van der Waals surface area contributed by atoms with Gasteiger partial charge in [-0.05, 0) is 65.9 Å². The summed E-state index contributed by atoms with van der Waals surface area (Å²) >= 11 is 0. The van der Waals surface area contributed by atoms with Crippen molar-refractivity contribution in [2.75, 3.05) is 6.26 Å². The zero-order chi connectivity index (χ0) is 18.7. The lowest BCUT2D eigenvalue weighted by atomic mass is 9.96. The zero-order valence-electron chi connectivity index (χ0n) is 14.3. The highest BCUT2D eigenvalue weighted by atomic mass is 32.2. The molecule has 0 saturated heterocycles. The van der Waals surface area contributed by atoms with E-state index in [-0.39, 0.29) is 5.82 Å². The summed E-state index contributed by atoms with van der Waals surface area (Å²) in [7, 11) is -3.28. The van der Waals surface area contributed by atoms with Crippen LogP contribution in [0.4, 0.5) is 4.39 Å². The quantitative estimate of drug-likeness (QED) is 0.695. The van der Waals surface area contributed by atoms with Crippen molar-refractivity contribution < 1.29 is 12.8 Å². The van der Waals surface area contributed by atoms with Crippen LogP contribution in [0.3, 0.4) is 0 Å². The molecule has 0 aliphatic carbocycles. The van der Waals surface area contributed by atoms with E-state index in [1.54, 1.807) is 24.5 Å². The van der Waals surface area contributed by atoms with Crippen molar-refractivity contribution >= 4 is 9.84 Å². The summed E-state index contributed by atoms with van der Waals surface area (Å²) in [5.41, 5.74) is 10.3. The lowest BCUT2D eigenvalue weighted by Gasteiger charge is -2.11. The second kappa shape index (κ2) is 7.39. The molecule has 26 heavy (non-hydrogen) atoms. The van der Waals surface area contributed by atoms with Crippen LogP contribution in [-0.4, -0.2) is 30.0 Å². The van der Waals surface area contributed by atoms with E-state index >= 15 is 0 Å². The molecule has 136 valence electrons. The van der Waals surface area contributed by atoms with Crippen molar-refractivity contribution in [3.05, 3.63) is 66.4 Å². The SMILES string of the molecule is CS(=O)(=O)C(N)CCc1c[nH]c(-c2ccc(F)cc2)c1-c1ccncc1. The van der Waals surface area contributed by atoms with Crippen LogP contribution in [0.2, 0.25) is 0 Å². The van der Waals surface area contributed by atoms with Crippen LogP contribution in [0.15, 0.2) is 55.0 Å². The van der Waals surface area contributed by atoms with E-state index in [1.807, 2.05) is 18.3 Å². The molecule has 2 heterocycles. The molecule has 0 amide bonds. The number of halogens is 1. The molecule has 3 N–H and O–H groups in total. The normalized spacial score (nSPS) is 12.9. The van der Waals surface area contributed by atoms with Gasteiger partial charge in [-0.3, -0.25) is 4.98 Å². The molecule has 7 heteroatoms. The Labute approximate surface area is 152 Å². The number of aryl methyl sites for hydroxylation is 1. The molecule has 0 aliphatic heterocycles. The highest BCUT2D eigenvalue weighted by Gasteiger charge is 2.19. The zero-order valence-corrected chi connectivity index (χ0v) is 15.1. The Morgan fingerprint density at radius 2 is 1.77 bits per heavy atom. The molecule has 0 bridgehead atoms. The van der Waals surface area contributed by atoms with Crippen molar-refractivity contribution in [1.82, 2.24) is 9.97 Å². The molecule has 1 atom stereocenters. The number of nitrogens with two attached hydrogens (primary N) is 1. The van der Waals surface area contributed by atoms with Gasteiger partial charge in [-0.15, -0.1) is 0 Å². The van der Waals surface area contributed by atoms with Crippen LogP contribution in [0.5, 0.6) is 0 Å². The van der Waals surface area contributed by atoms with Crippen molar-refractivity contribution in [2.45, 2.75) is 18.2 Å². The van der Waals surface area contributed by atoms with Crippen LogP contribution in [-0.2, 0) is 16.3 Å². The molecule has 2 aromatic heterocycles. The number of aromatic amines is 1. The van der Waals surface area contributed by atoms with Crippen LogP contribution in [0, 0.1) is 5.82 Å². The Balaban J connectivity index is 2.01. The molecule has 0 saturated carbocycles. The molecule has 1 aromatic carbocycles. The Morgan fingerprint density at radius 3 is 2.38 bits per heavy atom. The lowest BCUT2D eigenvalue weighted by molar-refractivity contribution is 0.579. The summed E-state index contributed by atoms with van der Waals surface area (Å²) in [4.78, 5) is 7.28. The number of nitrogens with one attached hydrogen (secondary N) is 1. The van der Waals surface area contributed by atoms with Gasteiger partial charge in [0, 0.05) is 30.4 Å². The smallest absolute Gasteiger partial charge is 0.163 e. The number of hydrogen-bond acceptors (Lipinski definition) is 4. The number of aromatic nitrogens is 2. The van der Waals surface area contributed by atoms with Crippen molar-refractivity contribution in [3.63, 3.8) is 0 Å². The number of H-pyrrole nitrogens is 1. The van der Waals surface area contributed by atoms with Gasteiger partial charge in [0.05, 0.1) is 5.69 Å². The molecule has 1 unspecified atom stereocenters. The van der Waals surface area contributed by atoms with E-state index in [4.69, 9.17) is 5.73 Å². The largest absolute Gasteiger partial charge is 0.360 e. The van der Waals surface area contributed by atoms with Crippen LogP contribution in [0.1, 0.15) is 12.0 Å². The first kappa shape index (κ1) is 18.3. The van der Waals surface area contributed by atoms with E-state index in [2.05, 4.69) is 9.97 Å². The van der Waals surface area contributed by atoms with Gasteiger partial charge in [0.25, 0.3) is 0 Å². The number of pyridine rings is 1. The number of hydrogen-bond donors (Lipinski definition) is 2. The maximum Gasteiger partial charge on any atom is 0.163 e. The fourth-order valence-electron chi connectivity index (χ4n) is 2.87. The fraction of sp³-hybridized carbons (Fsp3) is 0.211. The molecule has 0 aliphatic rings. The Kier molecular flexibility index (Phi) is 5.20. The van der Waals surface area contributed by atoms with Gasteiger partial charge in [0.15, 0.2) is 9.84 Å². The van der Waals surface area contributed by atoms with E-state index < -0.39 is 15.2 Å². The van der Waals surface area contributed by atoms with Gasteiger partial charge in [-0.1, -0.05) is 0 Å². The van der Waals surface area contributed by atoms with Gasteiger partial charge in [-0.25, -0.2) is 12.8 Å². The van der Waals surface area contributed by atoms with E-state index in [1.165, 1.54) is 12.1 Å². The minimum Gasteiger partial charge on any atom is -0.360 e. The third kappa shape index (κ3) is 4.00. The van der Waals surface area contributed by atoms with E-state index in [0.717, 1.165) is 34.2 Å². The van der Waals surface area contributed by atoms with Crippen molar-refractivity contribution in [1.29, 1.82) is 0 Å². The predicted molar refractivity (Wildman–Crippen MR) is 101 cm³/mol. The molecule has 0 radical (unpaired) electrons. The first-order valence-corrected chi connectivity index (χ1v) is 10.1.